The van der Waals surface area contributed by atoms with Gasteiger partial charge in [-0.2, -0.15) is 0 Å². The Kier molecular flexibility index (Phi) is 4.41. The lowest BCUT2D eigenvalue weighted by atomic mass is 10.3. The van der Waals surface area contributed by atoms with Crippen LogP contribution in [-0.2, 0) is 6.61 Å². The Labute approximate surface area is 118 Å². The van der Waals surface area contributed by atoms with E-state index in [9.17, 15) is 0 Å². The second-order valence-electron chi connectivity index (χ2n) is 3.52. The largest absolute Gasteiger partial charge is 0.487 e. The number of nitrogen functional groups attached to an aromatic ring is 1. The van der Waals surface area contributed by atoms with Crippen LogP contribution in [0.25, 0.3) is 0 Å². The molecule has 1 aromatic carbocycles. The monoisotopic (exact) mass is 327 g/mol. The van der Waals surface area contributed by atoms with Gasteiger partial charge in [-0.15, -0.1) is 0 Å². The molecule has 0 saturated carbocycles. The minimum atomic E-state index is 0.283. The van der Waals surface area contributed by atoms with Gasteiger partial charge in [0.05, 0.1) is 10.7 Å². The average Bonchev–Trinajstić information content (AvgIpc) is 2.38. The molecule has 0 saturated heterocycles. The van der Waals surface area contributed by atoms with Gasteiger partial charge in [0.15, 0.2) is 0 Å². The van der Waals surface area contributed by atoms with Gasteiger partial charge < -0.3 is 10.2 Å². The van der Waals surface area contributed by atoms with Gasteiger partial charge >= 0.3 is 0 Å². The standard InChI is InChI=1S/C12H11BrClN3O/c13-8-2-1-3-9(6-8)18-7-11-10(14)4-5-12(16-11)17-15/h1-6H,7,15H2,(H,16,17). The lowest BCUT2D eigenvalue weighted by Gasteiger charge is -2.08. The van der Waals surface area contributed by atoms with E-state index in [0.29, 0.717) is 16.5 Å². The van der Waals surface area contributed by atoms with E-state index in [1.54, 1.807) is 12.1 Å². The van der Waals surface area contributed by atoms with Crippen molar-refractivity contribution < 1.29 is 4.74 Å². The summed E-state index contributed by atoms with van der Waals surface area (Å²) in [6.45, 7) is 0.283. The predicted molar refractivity (Wildman–Crippen MR) is 75.5 cm³/mol. The average molecular weight is 329 g/mol. The van der Waals surface area contributed by atoms with E-state index in [1.165, 1.54) is 0 Å². The van der Waals surface area contributed by atoms with Crippen molar-refractivity contribution in [3.8, 4) is 5.75 Å². The third-order valence-corrected chi connectivity index (χ3v) is 3.08. The summed E-state index contributed by atoms with van der Waals surface area (Å²) < 4.78 is 6.56. The number of pyridine rings is 1. The molecular weight excluding hydrogens is 318 g/mol. The summed E-state index contributed by atoms with van der Waals surface area (Å²) in [5, 5.41) is 0.545. The molecule has 0 fully saturated rings. The maximum Gasteiger partial charge on any atom is 0.140 e. The summed E-state index contributed by atoms with van der Waals surface area (Å²) in [6, 6.07) is 11.0. The highest BCUT2D eigenvalue weighted by Crippen LogP contribution is 2.21. The zero-order valence-electron chi connectivity index (χ0n) is 9.36. The van der Waals surface area contributed by atoms with Crippen molar-refractivity contribution in [1.29, 1.82) is 0 Å². The maximum atomic E-state index is 6.03. The fourth-order valence-electron chi connectivity index (χ4n) is 1.37. The van der Waals surface area contributed by atoms with E-state index >= 15 is 0 Å². The second kappa shape index (κ2) is 6.04. The Bertz CT molecular complexity index is 551. The zero-order chi connectivity index (χ0) is 13.0. The zero-order valence-corrected chi connectivity index (χ0v) is 11.7. The maximum absolute atomic E-state index is 6.03. The number of rotatable bonds is 4. The van der Waals surface area contributed by atoms with E-state index in [-0.39, 0.29) is 6.61 Å². The Morgan fingerprint density at radius 3 is 2.89 bits per heavy atom. The lowest BCUT2D eigenvalue weighted by Crippen LogP contribution is -2.10. The minimum Gasteiger partial charge on any atom is -0.487 e. The van der Waals surface area contributed by atoms with Gasteiger partial charge in [0.1, 0.15) is 18.2 Å². The topological polar surface area (TPSA) is 60.2 Å². The first-order valence-corrected chi connectivity index (χ1v) is 6.36. The third-order valence-electron chi connectivity index (χ3n) is 2.24. The molecular formula is C12H11BrClN3O. The number of halogens is 2. The van der Waals surface area contributed by atoms with Crippen LogP contribution in [0.15, 0.2) is 40.9 Å². The van der Waals surface area contributed by atoms with Crippen LogP contribution in [0.3, 0.4) is 0 Å². The van der Waals surface area contributed by atoms with Crippen LogP contribution in [-0.4, -0.2) is 4.98 Å². The Balaban J connectivity index is 2.10. The van der Waals surface area contributed by atoms with Gasteiger partial charge in [0.2, 0.25) is 0 Å². The van der Waals surface area contributed by atoms with E-state index < -0.39 is 0 Å². The first kappa shape index (κ1) is 13.1. The second-order valence-corrected chi connectivity index (χ2v) is 4.84. The van der Waals surface area contributed by atoms with E-state index in [4.69, 9.17) is 22.2 Å². The number of hydrogen-bond acceptors (Lipinski definition) is 4. The number of ether oxygens (including phenoxy) is 1. The number of benzene rings is 1. The summed E-state index contributed by atoms with van der Waals surface area (Å²) in [6.07, 6.45) is 0. The number of aromatic nitrogens is 1. The molecule has 1 aromatic heterocycles. The van der Waals surface area contributed by atoms with Crippen molar-refractivity contribution in [3.05, 3.63) is 51.6 Å². The molecule has 94 valence electrons. The summed E-state index contributed by atoms with van der Waals surface area (Å²) in [7, 11) is 0. The highest BCUT2D eigenvalue weighted by molar-refractivity contribution is 9.10. The van der Waals surface area contributed by atoms with Gasteiger partial charge in [-0.3, -0.25) is 0 Å². The highest BCUT2D eigenvalue weighted by Gasteiger charge is 2.05. The number of nitrogens with zero attached hydrogens (tertiary/aromatic N) is 1. The molecule has 3 N–H and O–H groups in total. The van der Waals surface area contributed by atoms with E-state index in [0.717, 1.165) is 10.2 Å². The summed E-state index contributed by atoms with van der Waals surface area (Å²) >= 11 is 9.41. The molecule has 6 heteroatoms. The van der Waals surface area contributed by atoms with Crippen molar-refractivity contribution in [2.45, 2.75) is 6.61 Å². The lowest BCUT2D eigenvalue weighted by molar-refractivity contribution is 0.301. The van der Waals surface area contributed by atoms with Crippen LogP contribution >= 0.6 is 27.5 Å². The fourth-order valence-corrected chi connectivity index (χ4v) is 1.91. The van der Waals surface area contributed by atoms with Crippen molar-refractivity contribution in [2.24, 2.45) is 5.84 Å². The molecule has 4 nitrogen and oxygen atoms in total. The van der Waals surface area contributed by atoms with Crippen LogP contribution < -0.4 is 16.0 Å². The minimum absolute atomic E-state index is 0.283. The number of hydrazine groups is 1. The first-order chi connectivity index (χ1) is 8.69. The number of nitrogens with one attached hydrogen (secondary N) is 1. The van der Waals surface area contributed by atoms with Crippen molar-refractivity contribution in [1.82, 2.24) is 4.98 Å². The van der Waals surface area contributed by atoms with Gasteiger partial charge in [-0.1, -0.05) is 33.6 Å². The number of anilines is 1. The smallest absolute Gasteiger partial charge is 0.140 e. The van der Waals surface area contributed by atoms with Crippen LogP contribution in [0.4, 0.5) is 5.82 Å². The molecule has 0 aliphatic rings. The van der Waals surface area contributed by atoms with Crippen LogP contribution in [0.1, 0.15) is 5.69 Å². The van der Waals surface area contributed by atoms with Gasteiger partial charge in [0.25, 0.3) is 0 Å². The SMILES string of the molecule is NNc1ccc(Cl)c(COc2cccc(Br)c2)n1. The summed E-state index contributed by atoms with van der Waals surface area (Å²) in [5.74, 6) is 6.59. The van der Waals surface area contributed by atoms with Crippen LogP contribution in [0.5, 0.6) is 5.75 Å². The number of nitrogens with two attached hydrogens (primary N) is 1. The van der Waals surface area contributed by atoms with Gasteiger partial charge in [-0.05, 0) is 30.3 Å². The van der Waals surface area contributed by atoms with E-state index in [2.05, 4.69) is 26.3 Å². The van der Waals surface area contributed by atoms with E-state index in [1.807, 2.05) is 24.3 Å². The molecule has 1 heterocycles. The molecule has 0 radical (unpaired) electrons. The van der Waals surface area contributed by atoms with Gasteiger partial charge in [0, 0.05) is 4.47 Å². The Hall–Kier alpha value is -1.30. The molecule has 0 atom stereocenters. The van der Waals surface area contributed by atoms with Crippen molar-refractivity contribution in [3.63, 3.8) is 0 Å². The normalized spacial score (nSPS) is 10.2. The summed E-state index contributed by atoms with van der Waals surface area (Å²) in [5.41, 5.74) is 3.10. The highest BCUT2D eigenvalue weighted by atomic mass is 79.9. The van der Waals surface area contributed by atoms with Gasteiger partial charge in [-0.25, -0.2) is 10.8 Å². The third kappa shape index (κ3) is 3.35. The first-order valence-electron chi connectivity index (χ1n) is 5.19. The fraction of sp³-hybridized carbons (Fsp3) is 0.0833. The van der Waals surface area contributed by atoms with Crippen molar-refractivity contribution in [2.75, 3.05) is 5.43 Å². The molecule has 2 aromatic rings. The number of hydrogen-bond donors (Lipinski definition) is 2. The molecule has 2 rings (SSSR count). The quantitative estimate of drug-likeness (QED) is 0.667. The molecule has 0 aliphatic heterocycles. The molecule has 0 bridgehead atoms. The molecule has 0 amide bonds. The van der Waals surface area contributed by atoms with Crippen LogP contribution in [0.2, 0.25) is 5.02 Å². The Morgan fingerprint density at radius 2 is 2.17 bits per heavy atom. The Morgan fingerprint density at radius 1 is 1.33 bits per heavy atom. The molecule has 0 unspecified atom stereocenters. The molecule has 18 heavy (non-hydrogen) atoms. The summed E-state index contributed by atoms with van der Waals surface area (Å²) in [4.78, 5) is 4.22. The predicted octanol–water partition coefficient (Wildman–Crippen LogP) is 3.36. The van der Waals surface area contributed by atoms with Crippen LogP contribution in [0, 0.1) is 0 Å². The molecule has 0 spiro atoms. The molecule has 0 aliphatic carbocycles. The van der Waals surface area contributed by atoms with Crippen molar-refractivity contribution >= 4 is 33.3 Å².